The van der Waals surface area contributed by atoms with Crippen molar-refractivity contribution in [3.8, 4) is 5.75 Å². The molecular formula is C25H25Cl2NO3. The fourth-order valence-corrected chi connectivity index (χ4v) is 4.21. The number of hydrogen-bond donors (Lipinski definition) is 2. The van der Waals surface area contributed by atoms with Crippen LogP contribution < -0.4 is 10.1 Å². The largest absolute Gasteiger partial charge is 0.497 e. The quantitative estimate of drug-likeness (QED) is 0.464. The van der Waals surface area contributed by atoms with Crippen LogP contribution in [0.1, 0.15) is 51.8 Å². The third-order valence-corrected chi connectivity index (χ3v) is 6.26. The molecule has 3 aromatic carbocycles. The van der Waals surface area contributed by atoms with E-state index in [-0.39, 0.29) is 5.56 Å². The van der Waals surface area contributed by atoms with Gasteiger partial charge in [0.05, 0.1) is 22.7 Å². The van der Waals surface area contributed by atoms with E-state index in [0.717, 1.165) is 12.8 Å². The predicted molar refractivity (Wildman–Crippen MR) is 126 cm³/mol. The number of carbonyl (C=O) groups is 1. The van der Waals surface area contributed by atoms with E-state index in [2.05, 4.69) is 35.6 Å². The SMILES string of the molecule is CN[C@H]1CC[C@@H](c2ccc(Cl)c(Cl)c2)c2ccccc21.COc1ccc(C(=O)O)cc1. The van der Waals surface area contributed by atoms with Crippen LogP contribution in [0.4, 0.5) is 0 Å². The summed E-state index contributed by atoms with van der Waals surface area (Å²) in [5.74, 6) is 0.146. The molecular weight excluding hydrogens is 433 g/mol. The molecule has 2 atom stereocenters. The molecule has 0 bridgehead atoms. The molecule has 0 aliphatic heterocycles. The molecule has 0 fully saturated rings. The van der Waals surface area contributed by atoms with Gasteiger partial charge >= 0.3 is 5.97 Å². The zero-order valence-corrected chi connectivity index (χ0v) is 19.0. The number of benzene rings is 3. The summed E-state index contributed by atoms with van der Waals surface area (Å²) in [6.45, 7) is 0. The minimum atomic E-state index is -0.923. The second-order valence-electron chi connectivity index (χ2n) is 7.31. The van der Waals surface area contributed by atoms with Crippen LogP contribution in [-0.4, -0.2) is 25.2 Å². The summed E-state index contributed by atoms with van der Waals surface area (Å²) in [6, 6.07) is 21.3. The Morgan fingerprint density at radius 1 is 0.968 bits per heavy atom. The number of carboxylic acid groups (broad SMARTS) is 1. The fraction of sp³-hybridized carbons (Fsp3) is 0.240. The van der Waals surface area contributed by atoms with E-state index in [1.807, 2.05) is 19.2 Å². The fourth-order valence-electron chi connectivity index (χ4n) is 3.90. The van der Waals surface area contributed by atoms with Crippen molar-refractivity contribution in [2.75, 3.05) is 14.2 Å². The van der Waals surface area contributed by atoms with Gasteiger partial charge in [0.25, 0.3) is 0 Å². The van der Waals surface area contributed by atoms with Gasteiger partial charge in [0, 0.05) is 12.0 Å². The van der Waals surface area contributed by atoms with Crippen molar-refractivity contribution in [1.82, 2.24) is 5.32 Å². The molecule has 0 spiro atoms. The lowest BCUT2D eigenvalue weighted by molar-refractivity contribution is 0.0697. The standard InChI is InChI=1S/C17H17Cl2N.C8H8O3/c1-20-17-9-7-12(13-4-2-3-5-14(13)17)11-6-8-15(18)16(19)10-11;1-11-7-4-2-6(3-5-7)8(9)10/h2-6,8,10,12,17,20H,7,9H2,1H3;2-5H,1H3,(H,9,10)/t12-,17-;/m0./s1. The van der Waals surface area contributed by atoms with E-state index in [9.17, 15) is 4.79 Å². The Balaban J connectivity index is 0.000000210. The van der Waals surface area contributed by atoms with Crippen LogP contribution in [-0.2, 0) is 0 Å². The van der Waals surface area contributed by atoms with E-state index in [4.69, 9.17) is 33.0 Å². The molecule has 0 saturated heterocycles. The Morgan fingerprint density at radius 3 is 2.23 bits per heavy atom. The van der Waals surface area contributed by atoms with Crippen LogP contribution in [0, 0.1) is 0 Å². The van der Waals surface area contributed by atoms with Crippen molar-refractivity contribution in [2.24, 2.45) is 0 Å². The minimum Gasteiger partial charge on any atom is -0.497 e. The van der Waals surface area contributed by atoms with Crippen molar-refractivity contribution in [3.63, 3.8) is 0 Å². The van der Waals surface area contributed by atoms with Crippen LogP contribution in [0.5, 0.6) is 5.75 Å². The highest BCUT2D eigenvalue weighted by Gasteiger charge is 2.27. The molecule has 3 aromatic rings. The molecule has 0 saturated carbocycles. The maximum Gasteiger partial charge on any atom is 0.335 e. The van der Waals surface area contributed by atoms with E-state index in [0.29, 0.717) is 27.8 Å². The average Bonchev–Trinajstić information content (AvgIpc) is 2.80. The lowest BCUT2D eigenvalue weighted by atomic mass is 9.77. The summed E-state index contributed by atoms with van der Waals surface area (Å²) >= 11 is 12.2. The highest BCUT2D eigenvalue weighted by atomic mass is 35.5. The number of fused-ring (bicyclic) bond motifs is 1. The first-order chi connectivity index (χ1) is 14.9. The number of halogens is 2. The summed E-state index contributed by atoms with van der Waals surface area (Å²) < 4.78 is 4.86. The third kappa shape index (κ3) is 5.59. The van der Waals surface area contributed by atoms with Crippen molar-refractivity contribution < 1.29 is 14.6 Å². The summed E-state index contributed by atoms with van der Waals surface area (Å²) in [5.41, 5.74) is 4.32. The summed E-state index contributed by atoms with van der Waals surface area (Å²) in [6.07, 6.45) is 2.26. The number of aromatic carboxylic acids is 1. The first-order valence-corrected chi connectivity index (χ1v) is 10.8. The average molecular weight is 458 g/mol. The predicted octanol–water partition coefficient (Wildman–Crippen LogP) is 6.57. The molecule has 6 heteroatoms. The number of carboxylic acids is 1. The molecule has 0 heterocycles. The Kier molecular flexibility index (Phi) is 7.97. The Labute approximate surface area is 192 Å². The molecule has 0 unspecified atom stereocenters. The topological polar surface area (TPSA) is 58.6 Å². The molecule has 162 valence electrons. The Hall–Kier alpha value is -2.53. The van der Waals surface area contributed by atoms with E-state index < -0.39 is 5.97 Å². The zero-order chi connectivity index (χ0) is 22.4. The van der Waals surface area contributed by atoms with E-state index in [1.165, 1.54) is 35.9 Å². The van der Waals surface area contributed by atoms with E-state index >= 15 is 0 Å². The minimum absolute atomic E-state index is 0.269. The second kappa shape index (κ2) is 10.7. The molecule has 31 heavy (non-hydrogen) atoms. The number of ether oxygens (including phenoxy) is 1. The van der Waals surface area contributed by atoms with Crippen molar-refractivity contribution in [2.45, 2.75) is 24.8 Å². The van der Waals surface area contributed by atoms with Gasteiger partial charge in [-0.1, -0.05) is 53.5 Å². The van der Waals surface area contributed by atoms with Gasteiger partial charge in [-0.15, -0.1) is 0 Å². The monoisotopic (exact) mass is 457 g/mol. The van der Waals surface area contributed by atoms with Crippen LogP contribution in [0.3, 0.4) is 0 Å². The summed E-state index contributed by atoms with van der Waals surface area (Å²) in [7, 11) is 3.57. The number of methoxy groups -OCH3 is 1. The van der Waals surface area contributed by atoms with Crippen LogP contribution in [0.2, 0.25) is 10.0 Å². The molecule has 4 rings (SSSR count). The number of nitrogens with one attached hydrogen (secondary N) is 1. The van der Waals surface area contributed by atoms with Crippen LogP contribution >= 0.6 is 23.2 Å². The summed E-state index contributed by atoms with van der Waals surface area (Å²) in [5, 5.41) is 13.2. The molecule has 0 radical (unpaired) electrons. The first-order valence-electron chi connectivity index (χ1n) is 10.0. The Bertz CT molecular complexity index is 1040. The lowest BCUT2D eigenvalue weighted by Crippen LogP contribution is -2.24. The van der Waals surface area contributed by atoms with Gasteiger partial charge < -0.3 is 15.2 Å². The van der Waals surface area contributed by atoms with Gasteiger partial charge in [-0.2, -0.15) is 0 Å². The van der Waals surface area contributed by atoms with Crippen LogP contribution in [0.15, 0.2) is 66.7 Å². The van der Waals surface area contributed by atoms with Gasteiger partial charge in [0.1, 0.15) is 5.75 Å². The normalized spacial score (nSPS) is 17.2. The van der Waals surface area contributed by atoms with E-state index in [1.54, 1.807) is 12.1 Å². The lowest BCUT2D eigenvalue weighted by Gasteiger charge is -2.32. The van der Waals surface area contributed by atoms with Gasteiger partial charge in [0.15, 0.2) is 0 Å². The maximum absolute atomic E-state index is 10.4. The van der Waals surface area contributed by atoms with Crippen molar-refractivity contribution in [3.05, 3.63) is 99.0 Å². The van der Waals surface area contributed by atoms with Crippen molar-refractivity contribution in [1.29, 1.82) is 0 Å². The molecule has 4 nitrogen and oxygen atoms in total. The molecule has 0 aromatic heterocycles. The van der Waals surface area contributed by atoms with Gasteiger partial charge in [-0.25, -0.2) is 4.79 Å². The zero-order valence-electron chi connectivity index (χ0n) is 17.4. The molecule has 2 N–H and O–H groups in total. The highest BCUT2D eigenvalue weighted by molar-refractivity contribution is 6.42. The first kappa shape index (κ1) is 23.1. The van der Waals surface area contributed by atoms with Gasteiger partial charge in [-0.3, -0.25) is 0 Å². The Morgan fingerprint density at radius 2 is 1.65 bits per heavy atom. The van der Waals surface area contributed by atoms with Crippen molar-refractivity contribution >= 4 is 29.2 Å². The molecule has 1 aliphatic rings. The van der Waals surface area contributed by atoms with Crippen LogP contribution in [0.25, 0.3) is 0 Å². The number of hydrogen-bond acceptors (Lipinski definition) is 3. The van der Waals surface area contributed by atoms with Gasteiger partial charge in [-0.05, 0) is 73.0 Å². The molecule has 0 amide bonds. The smallest absolute Gasteiger partial charge is 0.335 e. The summed E-state index contributed by atoms with van der Waals surface area (Å²) in [4.78, 5) is 10.4. The number of rotatable bonds is 4. The molecule has 1 aliphatic carbocycles. The second-order valence-corrected chi connectivity index (χ2v) is 8.12. The third-order valence-electron chi connectivity index (χ3n) is 5.52. The van der Waals surface area contributed by atoms with Gasteiger partial charge in [0.2, 0.25) is 0 Å². The maximum atomic E-state index is 10.4. The highest BCUT2D eigenvalue weighted by Crippen LogP contribution is 2.42.